The Morgan fingerprint density at radius 3 is 2.32 bits per heavy atom. The van der Waals surface area contributed by atoms with Gasteiger partial charge in [0.05, 0.1) is 16.0 Å². The van der Waals surface area contributed by atoms with Gasteiger partial charge in [-0.2, -0.15) is 5.10 Å². The molecule has 3 rings (SSSR count). The Hall–Kier alpha value is -4.05. The zero-order chi connectivity index (χ0) is 24.9. The topological polar surface area (TPSA) is 122 Å². The largest absolute Gasteiger partial charge is 0.293 e. The van der Waals surface area contributed by atoms with E-state index in [1.807, 2.05) is 32.9 Å². The lowest BCUT2D eigenvalue weighted by molar-refractivity contribution is -0.384. The molecule has 176 valence electrons. The summed E-state index contributed by atoms with van der Waals surface area (Å²) in [7, 11) is -4.28. The fourth-order valence-electron chi connectivity index (χ4n) is 3.31. The summed E-state index contributed by atoms with van der Waals surface area (Å²) in [6.07, 6.45) is 1.47. The molecule has 0 aliphatic heterocycles. The zero-order valence-electron chi connectivity index (χ0n) is 18.9. The highest BCUT2D eigenvalue weighted by Crippen LogP contribution is 2.31. The summed E-state index contributed by atoms with van der Waals surface area (Å²) in [6, 6.07) is 16.6. The third-order valence-electron chi connectivity index (χ3n) is 5.46. The summed E-state index contributed by atoms with van der Waals surface area (Å²) in [5.41, 5.74) is 5.70. The first-order chi connectivity index (χ1) is 16.1. The second kappa shape index (κ2) is 10.3. The Morgan fingerprint density at radius 2 is 1.65 bits per heavy atom. The van der Waals surface area contributed by atoms with Crippen LogP contribution >= 0.6 is 0 Å². The monoisotopic (exact) mass is 480 g/mol. The fourth-order valence-corrected chi connectivity index (χ4v) is 4.76. The number of nitrogens with zero attached hydrogens (tertiary/aromatic N) is 3. The smallest absolute Gasteiger partial charge is 0.271 e. The van der Waals surface area contributed by atoms with Crippen molar-refractivity contribution < 1.29 is 18.1 Å². The van der Waals surface area contributed by atoms with Crippen LogP contribution in [0.2, 0.25) is 0 Å². The van der Waals surface area contributed by atoms with Crippen LogP contribution < -0.4 is 9.73 Å². The van der Waals surface area contributed by atoms with E-state index in [0.29, 0.717) is 4.31 Å². The average molecular weight is 481 g/mol. The Bertz CT molecular complexity index is 1360. The standard InChI is InChI=1S/C24H24N4O5S/c1-17-13-14-20(19(3)18(17)2)15-25-26-24(29)16-27(22-11-7-8-12-23(22)28(30)31)34(32,33)21-9-5-4-6-10-21/h4-15H,16H2,1-3H3,(H,26,29)/b25-15-. The van der Waals surface area contributed by atoms with Gasteiger partial charge in [0.15, 0.2) is 0 Å². The van der Waals surface area contributed by atoms with Crippen molar-refractivity contribution in [2.45, 2.75) is 25.7 Å². The van der Waals surface area contributed by atoms with E-state index < -0.39 is 33.1 Å². The molecular weight excluding hydrogens is 456 g/mol. The lowest BCUT2D eigenvalue weighted by Crippen LogP contribution is -2.39. The number of nitro groups is 1. The number of sulfonamides is 1. The predicted molar refractivity (Wildman–Crippen MR) is 130 cm³/mol. The number of amides is 1. The predicted octanol–water partition coefficient (Wildman–Crippen LogP) is 3.87. The van der Waals surface area contributed by atoms with E-state index in [4.69, 9.17) is 0 Å². The second-order valence-electron chi connectivity index (χ2n) is 7.59. The van der Waals surface area contributed by atoms with Gasteiger partial charge in [0.25, 0.3) is 21.6 Å². The van der Waals surface area contributed by atoms with Gasteiger partial charge in [-0.25, -0.2) is 18.1 Å². The van der Waals surface area contributed by atoms with Gasteiger partial charge in [0.1, 0.15) is 12.2 Å². The molecule has 1 amide bonds. The normalized spacial score (nSPS) is 11.4. The first kappa shape index (κ1) is 24.6. The number of nitrogens with one attached hydrogen (secondary N) is 1. The lowest BCUT2D eigenvalue weighted by Gasteiger charge is -2.23. The number of hydrazone groups is 1. The SMILES string of the molecule is Cc1ccc(/C=N\NC(=O)CN(c2ccccc2[N+](=O)[O-])S(=O)(=O)c2ccccc2)c(C)c1C. The van der Waals surface area contributed by atoms with Gasteiger partial charge in [-0.3, -0.25) is 14.9 Å². The van der Waals surface area contributed by atoms with Crippen LogP contribution in [0, 0.1) is 30.9 Å². The summed E-state index contributed by atoms with van der Waals surface area (Å²) in [6.45, 7) is 5.22. The Labute approximate surface area is 197 Å². The molecular formula is C24H24N4O5S. The maximum Gasteiger partial charge on any atom is 0.293 e. The van der Waals surface area contributed by atoms with E-state index >= 15 is 0 Å². The number of aryl methyl sites for hydroxylation is 1. The van der Waals surface area contributed by atoms with Crippen LogP contribution in [-0.4, -0.2) is 32.0 Å². The van der Waals surface area contributed by atoms with Crippen LogP contribution in [0.1, 0.15) is 22.3 Å². The molecule has 3 aromatic rings. The third kappa shape index (κ3) is 5.29. The van der Waals surface area contributed by atoms with Crippen molar-refractivity contribution in [3.63, 3.8) is 0 Å². The molecule has 0 atom stereocenters. The molecule has 0 radical (unpaired) electrons. The van der Waals surface area contributed by atoms with E-state index in [2.05, 4.69) is 10.5 Å². The summed E-state index contributed by atoms with van der Waals surface area (Å²) in [5.74, 6) is -0.754. The molecule has 34 heavy (non-hydrogen) atoms. The number of rotatable bonds is 8. The molecule has 0 aliphatic carbocycles. The van der Waals surface area contributed by atoms with Crippen molar-refractivity contribution in [3.05, 3.63) is 99.1 Å². The molecule has 0 fully saturated rings. The Morgan fingerprint density at radius 1 is 1.00 bits per heavy atom. The van der Waals surface area contributed by atoms with Crippen LogP contribution in [0.5, 0.6) is 0 Å². The van der Waals surface area contributed by atoms with Crippen LogP contribution in [-0.2, 0) is 14.8 Å². The van der Waals surface area contributed by atoms with Crippen molar-refractivity contribution in [2.24, 2.45) is 5.10 Å². The number of benzene rings is 3. The van der Waals surface area contributed by atoms with Crippen LogP contribution in [0.3, 0.4) is 0 Å². The molecule has 0 saturated carbocycles. The maximum atomic E-state index is 13.3. The van der Waals surface area contributed by atoms with E-state index in [-0.39, 0.29) is 10.6 Å². The van der Waals surface area contributed by atoms with Gasteiger partial charge >= 0.3 is 0 Å². The fraction of sp³-hybridized carbons (Fsp3) is 0.167. The maximum absolute atomic E-state index is 13.3. The summed E-state index contributed by atoms with van der Waals surface area (Å²) >= 11 is 0. The summed E-state index contributed by atoms with van der Waals surface area (Å²) in [4.78, 5) is 23.4. The average Bonchev–Trinajstić information content (AvgIpc) is 2.83. The lowest BCUT2D eigenvalue weighted by atomic mass is 10.00. The number of carbonyl (C=O) groups excluding carboxylic acids is 1. The number of anilines is 1. The van der Waals surface area contributed by atoms with E-state index in [9.17, 15) is 23.3 Å². The number of para-hydroxylation sites is 2. The van der Waals surface area contributed by atoms with Gasteiger partial charge < -0.3 is 0 Å². The molecule has 0 aromatic heterocycles. The van der Waals surface area contributed by atoms with E-state index in [1.165, 1.54) is 54.7 Å². The highest BCUT2D eigenvalue weighted by molar-refractivity contribution is 7.92. The highest BCUT2D eigenvalue weighted by Gasteiger charge is 2.31. The molecule has 0 spiro atoms. The number of nitro benzene ring substituents is 1. The summed E-state index contributed by atoms with van der Waals surface area (Å²) in [5, 5.41) is 15.5. The third-order valence-corrected chi connectivity index (χ3v) is 7.23. The number of hydrogen-bond acceptors (Lipinski definition) is 6. The van der Waals surface area contributed by atoms with Crippen LogP contribution in [0.25, 0.3) is 0 Å². The molecule has 9 nitrogen and oxygen atoms in total. The molecule has 3 aromatic carbocycles. The van der Waals surface area contributed by atoms with Crippen molar-refractivity contribution in [1.29, 1.82) is 0 Å². The van der Waals surface area contributed by atoms with Gasteiger partial charge in [-0.1, -0.05) is 42.5 Å². The minimum atomic E-state index is -4.28. The second-order valence-corrected chi connectivity index (χ2v) is 9.45. The molecule has 0 heterocycles. The van der Waals surface area contributed by atoms with Gasteiger partial charge in [0, 0.05) is 6.07 Å². The number of carbonyl (C=O) groups is 1. The van der Waals surface area contributed by atoms with E-state index in [1.54, 1.807) is 6.07 Å². The Kier molecular flexibility index (Phi) is 7.42. The Balaban J connectivity index is 1.92. The molecule has 0 bridgehead atoms. The van der Waals surface area contributed by atoms with Crippen molar-refractivity contribution in [2.75, 3.05) is 10.8 Å². The van der Waals surface area contributed by atoms with Crippen LogP contribution in [0.15, 0.2) is 76.7 Å². The molecule has 0 unspecified atom stereocenters. The van der Waals surface area contributed by atoms with E-state index in [0.717, 1.165) is 22.3 Å². The van der Waals surface area contributed by atoms with Crippen molar-refractivity contribution in [1.82, 2.24) is 5.43 Å². The minimum Gasteiger partial charge on any atom is -0.271 e. The van der Waals surface area contributed by atoms with Gasteiger partial charge in [-0.15, -0.1) is 0 Å². The van der Waals surface area contributed by atoms with Gasteiger partial charge in [-0.05, 0) is 61.2 Å². The highest BCUT2D eigenvalue weighted by atomic mass is 32.2. The first-order valence-corrected chi connectivity index (χ1v) is 11.8. The van der Waals surface area contributed by atoms with Gasteiger partial charge in [0.2, 0.25) is 0 Å². The first-order valence-electron chi connectivity index (χ1n) is 10.3. The molecule has 1 N–H and O–H groups in total. The molecule has 0 saturated heterocycles. The van der Waals surface area contributed by atoms with Crippen LogP contribution in [0.4, 0.5) is 11.4 Å². The summed E-state index contributed by atoms with van der Waals surface area (Å²) < 4.78 is 27.4. The quantitative estimate of drug-likeness (QED) is 0.298. The van der Waals surface area contributed by atoms with Crippen molar-refractivity contribution in [3.8, 4) is 0 Å². The molecule has 0 aliphatic rings. The minimum absolute atomic E-state index is 0.102. The number of hydrogen-bond donors (Lipinski definition) is 1. The zero-order valence-corrected chi connectivity index (χ0v) is 19.7. The molecule has 10 heteroatoms. The van der Waals surface area contributed by atoms with Crippen molar-refractivity contribution >= 4 is 33.5 Å².